The van der Waals surface area contributed by atoms with Crippen molar-refractivity contribution in [2.24, 2.45) is 0 Å². The van der Waals surface area contributed by atoms with Gasteiger partial charge in [0.15, 0.2) is 10.9 Å². The number of hydrogen-bond acceptors (Lipinski definition) is 3. The van der Waals surface area contributed by atoms with Gasteiger partial charge in [0.05, 0.1) is 6.04 Å². The highest BCUT2D eigenvalue weighted by Gasteiger charge is 2.36. The Morgan fingerprint density at radius 3 is 2.63 bits per heavy atom. The average molecular weight is 421 g/mol. The highest BCUT2D eigenvalue weighted by atomic mass is 32.1. The van der Waals surface area contributed by atoms with Crippen LogP contribution in [0.2, 0.25) is 0 Å². The van der Waals surface area contributed by atoms with Crippen LogP contribution in [0.15, 0.2) is 53.7 Å². The normalized spacial score (nSPS) is 18.9. The number of nitrogens with one attached hydrogen (secondary N) is 1. The number of allylic oxidation sites excluding steroid dienone is 1. The Morgan fingerprint density at radius 2 is 1.90 bits per heavy atom. The first kappa shape index (κ1) is 20.6. The standard InChI is InChI=1S/C25H28N2O2S/c1-4-14-27-20-6-5-7-21(28)23(20)24(26-25(27)30)18-10-12-19(13-11-18)29-22-15-16(2)8-9-17(22)3/h8-13,15,24H,4-7,14H2,1-3H3,(H,26,30). The van der Waals surface area contributed by atoms with E-state index in [4.69, 9.17) is 17.0 Å². The van der Waals surface area contributed by atoms with E-state index in [1.807, 2.05) is 37.3 Å². The van der Waals surface area contributed by atoms with E-state index in [0.717, 1.165) is 59.7 Å². The number of aryl methyl sites for hydroxylation is 2. The van der Waals surface area contributed by atoms with Crippen LogP contribution in [0.3, 0.4) is 0 Å². The van der Waals surface area contributed by atoms with Crippen molar-refractivity contribution in [1.82, 2.24) is 10.2 Å². The van der Waals surface area contributed by atoms with Gasteiger partial charge in [-0.05, 0) is 80.2 Å². The van der Waals surface area contributed by atoms with E-state index < -0.39 is 0 Å². The minimum atomic E-state index is -0.192. The molecule has 4 rings (SSSR count). The van der Waals surface area contributed by atoms with Crippen LogP contribution in [-0.4, -0.2) is 22.3 Å². The first-order valence-corrected chi connectivity index (χ1v) is 11.1. The summed E-state index contributed by atoms with van der Waals surface area (Å²) in [6.45, 7) is 7.07. The van der Waals surface area contributed by atoms with Crippen molar-refractivity contribution in [3.05, 3.63) is 70.4 Å². The molecule has 1 unspecified atom stereocenters. The summed E-state index contributed by atoms with van der Waals surface area (Å²) in [5.41, 5.74) is 5.29. The van der Waals surface area contributed by atoms with E-state index in [0.29, 0.717) is 11.5 Å². The smallest absolute Gasteiger partial charge is 0.173 e. The topological polar surface area (TPSA) is 41.6 Å². The number of nitrogens with zero attached hydrogens (tertiary/aromatic N) is 1. The second-order valence-corrected chi connectivity index (χ2v) is 8.50. The first-order chi connectivity index (χ1) is 14.5. The van der Waals surface area contributed by atoms with Gasteiger partial charge in [0.1, 0.15) is 11.5 Å². The lowest BCUT2D eigenvalue weighted by Crippen LogP contribution is -2.49. The SMILES string of the molecule is CCCN1C(=S)NC(c2ccc(Oc3cc(C)ccc3C)cc2)C2=C1CCCC2=O. The number of carbonyl (C=O) groups excluding carboxylic acids is 1. The third-order valence-corrected chi connectivity index (χ3v) is 6.13. The number of Topliss-reactive ketones (excluding diaryl/α,β-unsaturated/α-hetero) is 1. The molecule has 156 valence electrons. The molecule has 1 aliphatic carbocycles. The van der Waals surface area contributed by atoms with Crippen LogP contribution in [0.25, 0.3) is 0 Å². The van der Waals surface area contributed by atoms with Gasteiger partial charge in [-0.3, -0.25) is 4.79 Å². The molecule has 0 saturated carbocycles. The van der Waals surface area contributed by atoms with E-state index in [1.54, 1.807) is 0 Å². The molecule has 5 heteroatoms. The van der Waals surface area contributed by atoms with Crippen LogP contribution >= 0.6 is 12.2 Å². The molecule has 2 aromatic carbocycles. The lowest BCUT2D eigenvalue weighted by Gasteiger charge is -2.41. The van der Waals surface area contributed by atoms with Gasteiger partial charge in [0.25, 0.3) is 0 Å². The minimum absolute atomic E-state index is 0.192. The average Bonchev–Trinajstić information content (AvgIpc) is 2.73. The van der Waals surface area contributed by atoms with E-state index in [9.17, 15) is 4.79 Å². The van der Waals surface area contributed by atoms with E-state index in [-0.39, 0.29) is 11.8 Å². The Hall–Kier alpha value is -2.66. The van der Waals surface area contributed by atoms with Gasteiger partial charge in [-0.2, -0.15) is 0 Å². The molecule has 0 amide bonds. The zero-order valence-corrected chi connectivity index (χ0v) is 18.6. The molecule has 1 N–H and O–H groups in total. The molecule has 0 bridgehead atoms. The Bertz CT molecular complexity index is 1010. The third-order valence-electron chi connectivity index (χ3n) is 5.79. The van der Waals surface area contributed by atoms with Crippen LogP contribution < -0.4 is 10.1 Å². The third kappa shape index (κ3) is 3.99. The van der Waals surface area contributed by atoms with Crippen molar-refractivity contribution < 1.29 is 9.53 Å². The monoisotopic (exact) mass is 420 g/mol. The van der Waals surface area contributed by atoms with Gasteiger partial charge in [0, 0.05) is 24.2 Å². The zero-order valence-electron chi connectivity index (χ0n) is 17.8. The van der Waals surface area contributed by atoms with Crippen LogP contribution in [0, 0.1) is 13.8 Å². The van der Waals surface area contributed by atoms with Gasteiger partial charge in [-0.1, -0.05) is 31.2 Å². The molecule has 2 aliphatic rings. The van der Waals surface area contributed by atoms with Crippen molar-refractivity contribution in [3.63, 3.8) is 0 Å². The van der Waals surface area contributed by atoms with Crippen molar-refractivity contribution >= 4 is 23.1 Å². The molecule has 0 fully saturated rings. The fourth-order valence-corrected chi connectivity index (χ4v) is 4.55. The largest absolute Gasteiger partial charge is 0.457 e. The zero-order chi connectivity index (χ0) is 21.3. The molecule has 30 heavy (non-hydrogen) atoms. The van der Waals surface area contributed by atoms with Gasteiger partial charge in [0.2, 0.25) is 0 Å². The maximum absolute atomic E-state index is 12.9. The summed E-state index contributed by atoms with van der Waals surface area (Å²) in [6, 6.07) is 14.0. The van der Waals surface area contributed by atoms with Crippen molar-refractivity contribution in [2.75, 3.05) is 6.54 Å². The summed E-state index contributed by atoms with van der Waals surface area (Å²) in [5, 5.41) is 4.13. The van der Waals surface area contributed by atoms with E-state index >= 15 is 0 Å². The molecule has 0 spiro atoms. The molecule has 1 heterocycles. The van der Waals surface area contributed by atoms with Crippen molar-refractivity contribution in [3.8, 4) is 11.5 Å². The Balaban J connectivity index is 1.63. The summed E-state index contributed by atoms with van der Waals surface area (Å²) in [7, 11) is 0. The fraction of sp³-hybridized carbons (Fsp3) is 0.360. The molecular formula is C25H28N2O2S. The fourth-order valence-electron chi connectivity index (χ4n) is 4.23. The lowest BCUT2D eigenvalue weighted by molar-refractivity contribution is -0.116. The molecule has 4 nitrogen and oxygen atoms in total. The Kier molecular flexibility index (Phi) is 5.91. The molecule has 0 aromatic heterocycles. The molecule has 0 saturated heterocycles. The summed E-state index contributed by atoms with van der Waals surface area (Å²) >= 11 is 5.66. The van der Waals surface area contributed by atoms with Gasteiger partial charge in [-0.25, -0.2) is 0 Å². The molecule has 0 radical (unpaired) electrons. The summed E-state index contributed by atoms with van der Waals surface area (Å²) in [4.78, 5) is 15.0. The Morgan fingerprint density at radius 1 is 1.13 bits per heavy atom. The predicted octanol–water partition coefficient (Wildman–Crippen LogP) is 5.74. The maximum atomic E-state index is 12.9. The number of thiocarbonyl (C=S) groups is 1. The Labute approximate surface area is 183 Å². The molecule has 1 aliphatic heterocycles. The molecular weight excluding hydrogens is 392 g/mol. The highest BCUT2D eigenvalue weighted by Crippen LogP contribution is 2.38. The number of hydrogen-bond donors (Lipinski definition) is 1. The molecule has 1 atom stereocenters. The van der Waals surface area contributed by atoms with E-state index in [1.165, 1.54) is 5.56 Å². The predicted molar refractivity (Wildman–Crippen MR) is 124 cm³/mol. The van der Waals surface area contributed by atoms with Crippen LogP contribution in [0.1, 0.15) is 55.3 Å². The summed E-state index contributed by atoms with van der Waals surface area (Å²) < 4.78 is 6.10. The number of rotatable bonds is 5. The van der Waals surface area contributed by atoms with Crippen LogP contribution in [0.4, 0.5) is 0 Å². The number of benzene rings is 2. The second kappa shape index (κ2) is 8.60. The van der Waals surface area contributed by atoms with Crippen LogP contribution in [-0.2, 0) is 4.79 Å². The number of ether oxygens (including phenoxy) is 1. The lowest BCUT2D eigenvalue weighted by atomic mass is 9.85. The van der Waals surface area contributed by atoms with Crippen molar-refractivity contribution in [2.45, 2.75) is 52.5 Å². The first-order valence-electron chi connectivity index (χ1n) is 10.7. The van der Waals surface area contributed by atoms with Gasteiger partial charge >= 0.3 is 0 Å². The number of carbonyl (C=O) groups is 1. The number of ketones is 1. The van der Waals surface area contributed by atoms with Crippen LogP contribution in [0.5, 0.6) is 11.5 Å². The summed E-state index contributed by atoms with van der Waals surface area (Å²) in [6.07, 6.45) is 3.41. The van der Waals surface area contributed by atoms with Gasteiger partial charge in [-0.15, -0.1) is 0 Å². The summed E-state index contributed by atoms with van der Waals surface area (Å²) in [5.74, 6) is 1.87. The maximum Gasteiger partial charge on any atom is 0.173 e. The highest BCUT2D eigenvalue weighted by molar-refractivity contribution is 7.80. The second-order valence-electron chi connectivity index (χ2n) is 8.11. The quantitative estimate of drug-likeness (QED) is 0.624. The van der Waals surface area contributed by atoms with Crippen molar-refractivity contribution in [1.29, 1.82) is 0 Å². The van der Waals surface area contributed by atoms with Gasteiger partial charge < -0.3 is 15.0 Å². The van der Waals surface area contributed by atoms with E-state index in [2.05, 4.69) is 36.2 Å². The minimum Gasteiger partial charge on any atom is -0.457 e. The molecule has 2 aromatic rings.